The van der Waals surface area contributed by atoms with Crippen molar-refractivity contribution in [2.75, 3.05) is 5.32 Å². The molecule has 1 aromatic carbocycles. The summed E-state index contributed by atoms with van der Waals surface area (Å²) in [5.74, 6) is -0.00437. The lowest BCUT2D eigenvalue weighted by atomic mass is 9.86. The van der Waals surface area contributed by atoms with E-state index >= 15 is 0 Å². The van der Waals surface area contributed by atoms with Crippen molar-refractivity contribution in [1.29, 1.82) is 0 Å². The van der Waals surface area contributed by atoms with Crippen LogP contribution in [0.15, 0.2) is 41.3 Å². The molecule has 0 spiro atoms. The number of hydrogen-bond acceptors (Lipinski definition) is 7. The van der Waals surface area contributed by atoms with Gasteiger partial charge in [0.25, 0.3) is 6.01 Å². The van der Waals surface area contributed by atoms with E-state index in [4.69, 9.17) is 9.15 Å². The molecule has 0 atom stereocenters. The van der Waals surface area contributed by atoms with Gasteiger partial charge in [-0.3, -0.25) is 0 Å². The molecule has 2 N–H and O–H groups in total. The van der Waals surface area contributed by atoms with Gasteiger partial charge in [-0.05, 0) is 57.7 Å². The van der Waals surface area contributed by atoms with Crippen molar-refractivity contribution in [2.45, 2.75) is 57.6 Å². The van der Waals surface area contributed by atoms with Gasteiger partial charge in [0.1, 0.15) is 12.1 Å². The number of nitrogens with one attached hydrogen (secondary N) is 2. The molecule has 1 amide bonds. The van der Waals surface area contributed by atoms with Gasteiger partial charge in [0.15, 0.2) is 0 Å². The Morgan fingerprint density at radius 2 is 2.06 bits per heavy atom. The van der Waals surface area contributed by atoms with Crippen molar-refractivity contribution >= 4 is 29.1 Å². The third-order valence-electron chi connectivity index (χ3n) is 5.18. The number of thiazole rings is 1. The molecule has 3 aromatic rings. The van der Waals surface area contributed by atoms with Crippen LogP contribution >= 0.6 is 11.3 Å². The Labute approximate surface area is 184 Å². The van der Waals surface area contributed by atoms with Crippen LogP contribution in [-0.4, -0.2) is 28.2 Å². The molecule has 0 aliphatic heterocycles. The van der Waals surface area contributed by atoms with Crippen LogP contribution in [0.5, 0.6) is 0 Å². The lowest BCUT2D eigenvalue weighted by Crippen LogP contribution is -2.38. The van der Waals surface area contributed by atoms with Crippen LogP contribution in [0, 0.1) is 5.82 Å². The molecule has 2 aromatic heterocycles. The molecule has 164 valence electrons. The van der Waals surface area contributed by atoms with Crippen molar-refractivity contribution < 1.29 is 18.3 Å². The van der Waals surface area contributed by atoms with Crippen LogP contribution in [-0.2, 0) is 4.74 Å². The lowest BCUT2D eigenvalue weighted by Gasteiger charge is -2.28. The molecule has 1 saturated carbocycles. The largest absolute Gasteiger partial charge is 0.447 e. The average Bonchev–Trinajstić information content (AvgIpc) is 3.40. The van der Waals surface area contributed by atoms with Crippen molar-refractivity contribution in [3.8, 4) is 10.4 Å². The van der Waals surface area contributed by atoms with E-state index in [1.54, 1.807) is 18.3 Å². The number of benzene rings is 1. The van der Waals surface area contributed by atoms with Gasteiger partial charge in [-0.2, -0.15) is 0 Å². The molecule has 7 nitrogen and oxygen atoms in total. The van der Waals surface area contributed by atoms with Crippen LogP contribution in [0.2, 0.25) is 0 Å². The minimum absolute atomic E-state index is 0.128. The van der Waals surface area contributed by atoms with Gasteiger partial charge in [0.2, 0.25) is 0 Å². The summed E-state index contributed by atoms with van der Waals surface area (Å²) in [5.41, 5.74) is 1.09. The number of amides is 1. The van der Waals surface area contributed by atoms with E-state index in [-0.39, 0.29) is 24.1 Å². The number of carbonyl (C=O) groups is 1. The molecule has 1 aliphatic carbocycles. The molecule has 0 radical (unpaired) electrons. The van der Waals surface area contributed by atoms with E-state index in [0.29, 0.717) is 23.2 Å². The van der Waals surface area contributed by atoms with E-state index in [9.17, 15) is 9.18 Å². The number of rotatable bonds is 6. The highest BCUT2D eigenvalue weighted by atomic mass is 32.1. The maximum Gasteiger partial charge on any atom is 0.407 e. The van der Waals surface area contributed by atoms with E-state index in [1.165, 1.54) is 29.9 Å². The maximum absolute atomic E-state index is 14.7. The van der Waals surface area contributed by atoms with E-state index in [2.05, 4.69) is 20.6 Å². The van der Waals surface area contributed by atoms with Crippen LogP contribution in [0.4, 0.5) is 20.9 Å². The fraction of sp³-hybridized carbons (Fsp3) is 0.409. The van der Waals surface area contributed by atoms with Gasteiger partial charge < -0.3 is 19.8 Å². The second-order valence-electron chi connectivity index (χ2n) is 7.87. The molecule has 0 saturated heterocycles. The normalized spacial score (nSPS) is 18.7. The summed E-state index contributed by atoms with van der Waals surface area (Å²) in [6.07, 6.45) is 7.85. The number of aromatic nitrogens is 2. The summed E-state index contributed by atoms with van der Waals surface area (Å²) >= 11 is 1.53. The first-order valence-electron chi connectivity index (χ1n) is 10.4. The molecule has 2 heterocycles. The average molecular weight is 445 g/mol. The zero-order valence-electron chi connectivity index (χ0n) is 17.4. The molecule has 9 heteroatoms. The van der Waals surface area contributed by atoms with Gasteiger partial charge in [0.05, 0.1) is 22.2 Å². The summed E-state index contributed by atoms with van der Waals surface area (Å²) in [5, 5.41) is 6.87. The van der Waals surface area contributed by atoms with Crippen LogP contribution in [0.3, 0.4) is 0 Å². The van der Waals surface area contributed by atoms with Gasteiger partial charge in [0, 0.05) is 29.4 Å². The van der Waals surface area contributed by atoms with Gasteiger partial charge in [-0.1, -0.05) is 0 Å². The zero-order valence-corrected chi connectivity index (χ0v) is 18.2. The quantitative estimate of drug-likeness (QED) is 0.496. The second-order valence-corrected chi connectivity index (χ2v) is 8.93. The highest BCUT2D eigenvalue weighted by molar-refractivity contribution is 7.15. The first-order valence-corrected chi connectivity index (χ1v) is 11.2. The van der Waals surface area contributed by atoms with E-state index in [1.807, 2.05) is 13.8 Å². The number of hydrogen-bond donors (Lipinski definition) is 2. The number of nitrogens with zero attached hydrogens (tertiary/aromatic N) is 2. The summed E-state index contributed by atoms with van der Waals surface area (Å²) in [7, 11) is 0. The first kappa shape index (κ1) is 21.3. The minimum atomic E-state index is -0.355. The highest BCUT2D eigenvalue weighted by Crippen LogP contribution is 2.38. The van der Waals surface area contributed by atoms with Gasteiger partial charge in [-0.15, -0.1) is 11.3 Å². The van der Waals surface area contributed by atoms with Gasteiger partial charge >= 0.3 is 6.09 Å². The van der Waals surface area contributed by atoms with E-state index < -0.39 is 0 Å². The van der Waals surface area contributed by atoms with Crippen molar-refractivity contribution in [1.82, 2.24) is 15.3 Å². The van der Waals surface area contributed by atoms with Crippen molar-refractivity contribution in [3.05, 3.63) is 47.7 Å². The number of anilines is 2. The minimum Gasteiger partial charge on any atom is -0.447 e. The van der Waals surface area contributed by atoms with Crippen molar-refractivity contribution in [2.24, 2.45) is 0 Å². The summed E-state index contributed by atoms with van der Waals surface area (Å²) in [6.45, 7) is 3.67. The summed E-state index contributed by atoms with van der Waals surface area (Å²) in [6, 6.07) is 5.39. The lowest BCUT2D eigenvalue weighted by molar-refractivity contribution is 0.109. The third-order valence-corrected chi connectivity index (χ3v) is 6.38. The molecule has 0 bridgehead atoms. The molecule has 0 unspecified atom stereocenters. The smallest absolute Gasteiger partial charge is 0.407 e. The maximum atomic E-state index is 14.7. The molecule has 1 aliphatic rings. The highest BCUT2D eigenvalue weighted by Gasteiger charge is 2.26. The zero-order chi connectivity index (χ0) is 21.8. The van der Waals surface area contributed by atoms with Crippen LogP contribution in [0.25, 0.3) is 10.4 Å². The number of carbonyl (C=O) groups excluding carboxylic acids is 1. The number of ether oxygens (including phenoxy) is 1. The molecule has 31 heavy (non-hydrogen) atoms. The Morgan fingerprint density at radius 1 is 1.26 bits per heavy atom. The Morgan fingerprint density at radius 3 is 2.74 bits per heavy atom. The molecule has 4 rings (SSSR count). The Hall–Kier alpha value is -2.94. The van der Waals surface area contributed by atoms with Crippen molar-refractivity contribution in [3.63, 3.8) is 0 Å². The van der Waals surface area contributed by atoms with E-state index in [0.717, 1.165) is 35.6 Å². The second kappa shape index (κ2) is 9.47. The molecular formula is C22H25FN4O3S. The first-order chi connectivity index (χ1) is 15.0. The standard InChI is InChI=1S/C22H25FN4O3S/c1-13(2)30-22(28)27-15-5-3-14(4-6-15)20-25-12-19(31-20)17-8-7-16(11-18(17)23)26-21-24-9-10-29-21/h7-15H,3-6H2,1-2H3,(H,24,26)(H,27,28)/t14-,15-. The number of alkyl carbamates (subject to hydrolysis) is 1. The SMILES string of the molecule is CC(C)OC(=O)N[C@H]1CC[C@H](c2ncc(-c3ccc(Nc4ncco4)cc3F)s2)CC1. The van der Waals surface area contributed by atoms with Crippen LogP contribution < -0.4 is 10.6 Å². The Bertz CT molecular complexity index is 1010. The third kappa shape index (κ3) is 5.41. The summed E-state index contributed by atoms with van der Waals surface area (Å²) < 4.78 is 25.0. The fourth-order valence-electron chi connectivity index (χ4n) is 3.70. The Kier molecular flexibility index (Phi) is 6.50. The number of oxazole rings is 1. The Balaban J connectivity index is 1.36. The molecular weight excluding hydrogens is 419 g/mol. The van der Waals surface area contributed by atoms with Crippen LogP contribution in [0.1, 0.15) is 50.5 Å². The topological polar surface area (TPSA) is 89.3 Å². The molecule has 1 fully saturated rings. The van der Waals surface area contributed by atoms with Gasteiger partial charge in [-0.25, -0.2) is 19.2 Å². The predicted octanol–water partition coefficient (Wildman–Crippen LogP) is 5.84. The monoisotopic (exact) mass is 444 g/mol. The predicted molar refractivity (Wildman–Crippen MR) is 117 cm³/mol. The fourth-order valence-corrected chi connectivity index (χ4v) is 4.82. The number of halogens is 1. The summed E-state index contributed by atoms with van der Waals surface area (Å²) in [4.78, 5) is 21.1.